The van der Waals surface area contributed by atoms with Crippen LogP contribution in [0.15, 0.2) is 79.1 Å². The van der Waals surface area contributed by atoms with E-state index in [1.165, 1.54) is 12.1 Å². The fourth-order valence-corrected chi connectivity index (χ4v) is 6.37. The highest BCUT2D eigenvalue weighted by atomic mass is 19.1. The number of anilines is 2. The first-order chi connectivity index (χ1) is 22.7. The Labute approximate surface area is 270 Å². The maximum Gasteiger partial charge on any atom is 0.236 e. The SMILES string of the molecule is CC1(C(=O)Nc2ccc3[nH]nc(-c4ccc(F)cc4)c3c2)CCN(CC(=O)N2CCN(c3ccc(-c4ncc(F)cn4)cc3)CC2)C1. The van der Waals surface area contributed by atoms with Gasteiger partial charge in [0.15, 0.2) is 11.6 Å². The van der Waals surface area contributed by atoms with Crippen LogP contribution in [0.3, 0.4) is 0 Å². The van der Waals surface area contributed by atoms with Gasteiger partial charge >= 0.3 is 0 Å². The van der Waals surface area contributed by atoms with Crippen molar-refractivity contribution in [2.45, 2.75) is 13.3 Å². The number of hydrogen-bond donors (Lipinski definition) is 2. The molecular formula is C35H34F2N8O2. The van der Waals surface area contributed by atoms with E-state index in [0.717, 1.165) is 40.1 Å². The summed E-state index contributed by atoms with van der Waals surface area (Å²) in [5, 5.41) is 11.3. The lowest BCUT2D eigenvalue weighted by Gasteiger charge is -2.37. The predicted molar refractivity (Wildman–Crippen MR) is 176 cm³/mol. The molecule has 0 aliphatic carbocycles. The van der Waals surface area contributed by atoms with E-state index in [2.05, 4.69) is 35.3 Å². The lowest BCUT2D eigenvalue weighted by molar-refractivity contribution is -0.133. The molecule has 240 valence electrons. The van der Waals surface area contributed by atoms with Crippen molar-refractivity contribution in [1.82, 2.24) is 30.0 Å². The number of amides is 2. The number of nitrogens with zero attached hydrogens (tertiary/aromatic N) is 6. The Hall–Kier alpha value is -5.23. The molecule has 10 nitrogen and oxygen atoms in total. The third-order valence-corrected chi connectivity index (χ3v) is 9.14. The fourth-order valence-electron chi connectivity index (χ4n) is 6.37. The molecule has 1 atom stereocenters. The zero-order valence-electron chi connectivity index (χ0n) is 25.9. The summed E-state index contributed by atoms with van der Waals surface area (Å²) in [4.78, 5) is 41.0. The smallest absolute Gasteiger partial charge is 0.236 e. The zero-order chi connectivity index (χ0) is 32.5. The standard InChI is InChI=1S/C35H34F2N8O2/c1-35(34(47)40-27-8-11-30-29(18-27)32(42-41-30)23-2-6-25(36)7-3-23)12-13-43(22-35)21-31(46)45-16-14-44(15-17-45)28-9-4-24(5-10-28)33-38-19-26(37)20-39-33/h2-11,18-20H,12-17,21-22H2,1H3,(H,40,47)(H,41,42). The van der Waals surface area contributed by atoms with Crippen LogP contribution in [0.1, 0.15) is 13.3 Å². The van der Waals surface area contributed by atoms with Crippen molar-refractivity contribution >= 4 is 34.1 Å². The minimum atomic E-state index is -0.644. The van der Waals surface area contributed by atoms with Crippen molar-refractivity contribution in [3.8, 4) is 22.6 Å². The molecular weight excluding hydrogens is 602 g/mol. The normalized spacial score (nSPS) is 18.5. The van der Waals surface area contributed by atoms with E-state index in [9.17, 15) is 18.4 Å². The van der Waals surface area contributed by atoms with Crippen LogP contribution < -0.4 is 10.2 Å². The lowest BCUT2D eigenvalue weighted by Crippen LogP contribution is -2.51. The average Bonchev–Trinajstić information content (AvgIpc) is 3.69. The highest BCUT2D eigenvalue weighted by molar-refractivity contribution is 6.00. The number of fused-ring (bicyclic) bond motifs is 1. The van der Waals surface area contributed by atoms with E-state index in [1.807, 2.05) is 54.3 Å². The second-order valence-corrected chi connectivity index (χ2v) is 12.5. The molecule has 0 spiro atoms. The number of aromatic amines is 1. The summed E-state index contributed by atoms with van der Waals surface area (Å²) in [6, 6.07) is 19.6. The number of rotatable bonds is 7. The Morgan fingerprint density at radius 1 is 0.872 bits per heavy atom. The van der Waals surface area contributed by atoms with Gasteiger partial charge in [-0.05, 0) is 86.6 Å². The summed E-state index contributed by atoms with van der Waals surface area (Å²) < 4.78 is 26.6. The molecule has 2 aliphatic heterocycles. The highest BCUT2D eigenvalue weighted by Gasteiger charge is 2.41. The third-order valence-electron chi connectivity index (χ3n) is 9.14. The molecule has 2 fully saturated rings. The number of hydrogen-bond acceptors (Lipinski definition) is 7. The maximum atomic E-state index is 13.5. The molecule has 3 aromatic carbocycles. The number of nitrogens with one attached hydrogen (secondary N) is 2. The minimum Gasteiger partial charge on any atom is -0.368 e. The van der Waals surface area contributed by atoms with E-state index >= 15 is 0 Å². The molecule has 47 heavy (non-hydrogen) atoms. The predicted octanol–water partition coefficient (Wildman–Crippen LogP) is 4.96. The van der Waals surface area contributed by atoms with Gasteiger partial charge in [-0.25, -0.2) is 18.7 Å². The molecule has 12 heteroatoms. The van der Waals surface area contributed by atoms with Crippen molar-refractivity contribution in [3.05, 3.63) is 90.8 Å². The summed E-state index contributed by atoms with van der Waals surface area (Å²) in [6.45, 7) is 6.02. The van der Waals surface area contributed by atoms with Gasteiger partial charge in [0.05, 0.1) is 35.6 Å². The van der Waals surface area contributed by atoms with Crippen LogP contribution in [-0.4, -0.2) is 87.6 Å². The lowest BCUT2D eigenvalue weighted by atomic mass is 9.88. The zero-order valence-corrected chi connectivity index (χ0v) is 25.9. The maximum absolute atomic E-state index is 13.5. The first kappa shape index (κ1) is 30.4. The highest BCUT2D eigenvalue weighted by Crippen LogP contribution is 2.33. The molecule has 1 unspecified atom stereocenters. The molecule has 0 bridgehead atoms. The Morgan fingerprint density at radius 2 is 1.57 bits per heavy atom. The van der Waals surface area contributed by atoms with Gasteiger partial charge in [0, 0.05) is 60.6 Å². The number of piperazine rings is 1. The van der Waals surface area contributed by atoms with Crippen LogP contribution >= 0.6 is 0 Å². The van der Waals surface area contributed by atoms with Crippen LogP contribution in [0, 0.1) is 17.0 Å². The molecule has 0 saturated carbocycles. The molecule has 2 amide bonds. The van der Waals surface area contributed by atoms with Gasteiger partial charge in [0.2, 0.25) is 11.8 Å². The number of H-pyrrole nitrogens is 1. The number of aromatic nitrogens is 4. The van der Waals surface area contributed by atoms with Gasteiger partial charge in [0.25, 0.3) is 0 Å². The second kappa shape index (κ2) is 12.5. The van der Waals surface area contributed by atoms with Gasteiger partial charge in [-0.1, -0.05) is 0 Å². The van der Waals surface area contributed by atoms with Crippen molar-refractivity contribution in [1.29, 1.82) is 0 Å². The minimum absolute atomic E-state index is 0.0665. The van der Waals surface area contributed by atoms with Gasteiger partial charge in [-0.3, -0.25) is 19.6 Å². The van der Waals surface area contributed by atoms with Crippen molar-refractivity contribution in [2.24, 2.45) is 5.41 Å². The molecule has 4 heterocycles. The summed E-state index contributed by atoms with van der Waals surface area (Å²) in [7, 11) is 0. The molecule has 2 aromatic heterocycles. The van der Waals surface area contributed by atoms with Crippen LogP contribution in [0.2, 0.25) is 0 Å². The van der Waals surface area contributed by atoms with Crippen molar-refractivity contribution < 1.29 is 18.4 Å². The Balaban J connectivity index is 0.917. The van der Waals surface area contributed by atoms with E-state index < -0.39 is 11.2 Å². The van der Waals surface area contributed by atoms with Crippen LogP contribution in [-0.2, 0) is 9.59 Å². The van der Waals surface area contributed by atoms with Crippen LogP contribution in [0.25, 0.3) is 33.5 Å². The van der Waals surface area contributed by atoms with Gasteiger partial charge in [-0.15, -0.1) is 0 Å². The summed E-state index contributed by atoms with van der Waals surface area (Å²) in [5.74, 6) is -0.344. The number of halogens is 2. The van der Waals surface area contributed by atoms with E-state index in [0.29, 0.717) is 62.9 Å². The van der Waals surface area contributed by atoms with E-state index in [-0.39, 0.29) is 24.2 Å². The first-order valence-electron chi connectivity index (χ1n) is 15.6. The Morgan fingerprint density at radius 3 is 2.30 bits per heavy atom. The number of likely N-dealkylation sites (tertiary alicyclic amines) is 1. The fraction of sp³-hybridized carbons (Fsp3) is 0.286. The van der Waals surface area contributed by atoms with Gasteiger partial charge in [-0.2, -0.15) is 5.10 Å². The monoisotopic (exact) mass is 636 g/mol. The number of carbonyl (C=O) groups excluding carboxylic acids is 2. The number of carbonyl (C=O) groups is 2. The summed E-state index contributed by atoms with van der Waals surface area (Å²) >= 11 is 0. The topological polar surface area (TPSA) is 110 Å². The van der Waals surface area contributed by atoms with Crippen LogP contribution in [0.5, 0.6) is 0 Å². The van der Waals surface area contributed by atoms with Gasteiger partial charge < -0.3 is 15.1 Å². The first-order valence-corrected chi connectivity index (χ1v) is 15.6. The second-order valence-electron chi connectivity index (χ2n) is 12.5. The molecule has 2 N–H and O–H groups in total. The molecule has 2 aliphatic rings. The Bertz CT molecular complexity index is 1910. The molecule has 7 rings (SSSR count). The largest absolute Gasteiger partial charge is 0.368 e. The summed E-state index contributed by atoms with van der Waals surface area (Å²) in [5.41, 5.74) is 4.14. The van der Waals surface area contributed by atoms with E-state index in [1.54, 1.807) is 12.1 Å². The third kappa shape index (κ3) is 6.41. The molecule has 0 radical (unpaired) electrons. The van der Waals surface area contributed by atoms with Crippen molar-refractivity contribution in [3.63, 3.8) is 0 Å². The molecule has 2 saturated heterocycles. The van der Waals surface area contributed by atoms with Gasteiger partial charge in [0.1, 0.15) is 5.82 Å². The summed E-state index contributed by atoms with van der Waals surface area (Å²) in [6.07, 6.45) is 2.95. The van der Waals surface area contributed by atoms with E-state index in [4.69, 9.17) is 0 Å². The Kier molecular flexibility index (Phi) is 8.10. The quantitative estimate of drug-likeness (QED) is 0.260. The molecule has 5 aromatic rings. The average molecular weight is 637 g/mol. The van der Waals surface area contributed by atoms with Crippen molar-refractivity contribution in [2.75, 3.05) is 56.0 Å². The number of benzene rings is 3. The van der Waals surface area contributed by atoms with Crippen LogP contribution in [0.4, 0.5) is 20.2 Å².